The van der Waals surface area contributed by atoms with E-state index in [2.05, 4.69) is 0 Å². The lowest BCUT2D eigenvalue weighted by Gasteiger charge is -2.15. The molecule has 0 spiro atoms. The molecule has 4 aromatic rings. The van der Waals surface area contributed by atoms with Gasteiger partial charge in [0, 0.05) is 26.3 Å². The van der Waals surface area contributed by atoms with Gasteiger partial charge in [-0.25, -0.2) is 4.79 Å². The van der Waals surface area contributed by atoms with E-state index < -0.39 is 29.8 Å². The molecule has 0 fully saturated rings. The van der Waals surface area contributed by atoms with Gasteiger partial charge in [0.15, 0.2) is 11.5 Å². The highest BCUT2D eigenvalue weighted by Crippen LogP contribution is 2.40. The second-order valence-electron chi connectivity index (χ2n) is 9.49. The summed E-state index contributed by atoms with van der Waals surface area (Å²) in [5.74, 6) is -4.39. The number of para-hydroxylation sites is 1. The molecule has 0 aliphatic rings. The molecule has 10 nitrogen and oxygen atoms in total. The van der Waals surface area contributed by atoms with Gasteiger partial charge >= 0.3 is 29.8 Å². The van der Waals surface area contributed by atoms with Crippen LogP contribution in [0.3, 0.4) is 0 Å². The summed E-state index contributed by atoms with van der Waals surface area (Å²) in [4.78, 5) is 61.0. The third-order valence-corrected chi connectivity index (χ3v) is 5.93. The predicted octanol–water partition coefficient (Wildman–Crippen LogP) is 5.63. The molecule has 0 atom stereocenters. The Hall–Kier alpha value is -5.77. The molecule has 0 aliphatic heterocycles. The first kappa shape index (κ1) is 31.2. The minimum absolute atomic E-state index is 0.0369. The molecule has 4 aromatic carbocycles. The summed E-state index contributed by atoms with van der Waals surface area (Å²) in [6, 6.07) is 25.6. The summed E-state index contributed by atoms with van der Waals surface area (Å²) in [6.45, 7) is 3.50. The zero-order valence-electron chi connectivity index (χ0n) is 24.2. The van der Waals surface area contributed by atoms with E-state index in [1.807, 2.05) is 30.3 Å². The fourth-order valence-corrected chi connectivity index (χ4v) is 4.16. The number of hydrogen-bond donors (Lipinski definition) is 0. The van der Waals surface area contributed by atoms with Gasteiger partial charge in [-0.3, -0.25) is 19.2 Å². The van der Waals surface area contributed by atoms with E-state index in [4.69, 9.17) is 23.7 Å². The molecule has 0 bridgehead atoms. The third kappa shape index (κ3) is 8.62. The Bertz CT molecular complexity index is 1670. The van der Waals surface area contributed by atoms with Crippen LogP contribution in [0.2, 0.25) is 0 Å². The second kappa shape index (κ2) is 14.4. The summed E-state index contributed by atoms with van der Waals surface area (Å²) in [6.07, 6.45) is 0.0369. The van der Waals surface area contributed by atoms with Gasteiger partial charge in [-0.15, -0.1) is 0 Å². The van der Waals surface area contributed by atoms with Crippen molar-refractivity contribution < 1.29 is 47.7 Å². The highest BCUT2D eigenvalue weighted by atomic mass is 16.6. The van der Waals surface area contributed by atoms with E-state index in [1.165, 1.54) is 0 Å². The maximum absolute atomic E-state index is 13.3. The van der Waals surface area contributed by atoms with Crippen molar-refractivity contribution in [2.75, 3.05) is 0 Å². The average Bonchev–Trinajstić information content (AvgIpc) is 2.98. The van der Waals surface area contributed by atoms with Crippen LogP contribution in [0.4, 0.5) is 0 Å². The smallest absolute Gasteiger partial charge is 0.343 e. The van der Waals surface area contributed by atoms with E-state index >= 15 is 0 Å². The van der Waals surface area contributed by atoms with Gasteiger partial charge in [-0.05, 0) is 34.9 Å². The van der Waals surface area contributed by atoms with Crippen molar-refractivity contribution in [3.05, 3.63) is 108 Å². The average molecular weight is 597 g/mol. The van der Waals surface area contributed by atoms with Gasteiger partial charge in [0.1, 0.15) is 12.4 Å². The molecule has 0 aromatic heterocycles. The predicted molar refractivity (Wildman–Crippen MR) is 157 cm³/mol. The van der Waals surface area contributed by atoms with Gasteiger partial charge in [0.2, 0.25) is 5.75 Å². The Kier molecular flexibility index (Phi) is 10.2. The van der Waals surface area contributed by atoms with Crippen LogP contribution in [-0.4, -0.2) is 29.8 Å². The fourth-order valence-electron chi connectivity index (χ4n) is 4.16. The molecule has 0 unspecified atom stereocenters. The number of carbonyl (C=O) groups excluding carboxylic acids is 5. The van der Waals surface area contributed by atoms with Crippen molar-refractivity contribution in [3.8, 4) is 34.1 Å². The zero-order chi connectivity index (χ0) is 31.6. The Morgan fingerprint density at radius 2 is 1.16 bits per heavy atom. The lowest BCUT2D eigenvalue weighted by atomic mass is 10.0. The lowest BCUT2D eigenvalue weighted by molar-refractivity contribution is -0.144. The monoisotopic (exact) mass is 596 g/mol. The van der Waals surface area contributed by atoms with Crippen molar-refractivity contribution >= 4 is 29.8 Å². The van der Waals surface area contributed by atoms with Crippen LogP contribution < -0.4 is 18.9 Å². The molecule has 0 saturated carbocycles. The number of esters is 5. The van der Waals surface area contributed by atoms with Crippen LogP contribution in [0.5, 0.6) is 23.0 Å². The van der Waals surface area contributed by atoms with Crippen molar-refractivity contribution in [2.45, 2.75) is 33.8 Å². The molecule has 0 radical (unpaired) electrons. The van der Waals surface area contributed by atoms with Crippen LogP contribution >= 0.6 is 0 Å². The van der Waals surface area contributed by atoms with E-state index in [0.717, 1.165) is 38.5 Å². The Morgan fingerprint density at radius 3 is 1.80 bits per heavy atom. The van der Waals surface area contributed by atoms with E-state index in [-0.39, 0.29) is 41.6 Å². The van der Waals surface area contributed by atoms with Gasteiger partial charge in [-0.2, -0.15) is 0 Å². The highest BCUT2D eigenvalue weighted by molar-refractivity contribution is 5.94. The van der Waals surface area contributed by atoms with Crippen LogP contribution in [0.1, 0.15) is 42.3 Å². The first-order chi connectivity index (χ1) is 21.1. The molecule has 0 saturated heterocycles. The topological polar surface area (TPSA) is 132 Å². The van der Waals surface area contributed by atoms with Crippen molar-refractivity contribution in [1.29, 1.82) is 0 Å². The summed E-state index contributed by atoms with van der Waals surface area (Å²) in [5, 5.41) is 0. The van der Waals surface area contributed by atoms with Gasteiger partial charge < -0.3 is 23.7 Å². The maximum Gasteiger partial charge on any atom is 0.343 e. The van der Waals surface area contributed by atoms with Crippen LogP contribution in [0.15, 0.2) is 91.0 Å². The number of rotatable bonds is 10. The van der Waals surface area contributed by atoms with Crippen LogP contribution in [0.25, 0.3) is 11.1 Å². The van der Waals surface area contributed by atoms with Gasteiger partial charge in [0.25, 0.3) is 0 Å². The number of hydrogen-bond acceptors (Lipinski definition) is 10. The van der Waals surface area contributed by atoms with Crippen LogP contribution in [0, 0.1) is 0 Å². The SMILES string of the molecule is CC(=O)Oc1cc(C(=O)Oc2ccccc2-c2cccc(CC(=O)OCc3ccccc3)c2)cc(OC(C)=O)c1OC(C)=O. The fraction of sp³-hybridized carbons (Fsp3) is 0.147. The minimum Gasteiger partial charge on any atom is -0.461 e. The third-order valence-electron chi connectivity index (χ3n) is 5.93. The van der Waals surface area contributed by atoms with Gasteiger partial charge in [0.05, 0.1) is 12.0 Å². The number of ether oxygens (including phenoxy) is 5. The molecule has 10 heteroatoms. The van der Waals surface area contributed by atoms with Crippen molar-refractivity contribution in [2.24, 2.45) is 0 Å². The molecule has 0 heterocycles. The largest absolute Gasteiger partial charge is 0.461 e. The molecule has 0 aliphatic carbocycles. The maximum atomic E-state index is 13.3. The number of carbonyl (C=O) groups is 5. The zero-order valence-corrected chi connectivity index (χ0v) is 24.2. The van der Waals surface area contributed by atoms with E-state index in [1.54, 1.807) is 48.5 Å². The quantitative estimate of drug-likeness (QED) is 0.167. The molecule has 224 valence electrons. The molecule has 44 heavy (non-hydrogen) atoms. The minimum atomic E-state index is -0.880. The van der Waals surface area contributed by atoms with Gasteiger partial charge in [-0.1, -0.05) is 72.8 Å². The summed E-state index contributed by atoms with van der Waals surface area (Å²) >= 11 is 0. The lowest BCUT2D eigenvalue weighted by Crippen LogP contribution is -2.14. The van der Waals surface area contributed by atoms with Crippen molar-refractivity contribution in [3.63, 3.8) is 0 Å². The summed E-state index contributed by atoms with van der Waals surface area (Å²) < 4.78 is 26.5. The molecular weight excluding hydrogens is 568 g/mol. The Balaban J connectivity index is 1.58. The highest BCUT2D eigenvalue weighted by Gasteiger charge is 2.24. The molecule has 0 N–H and O–H groups in total. The normalized spacial score (nSPS) is 10.3. The summed E-state index contributed by atoms with van der Waals surface area (Å²) in [7, 11) is 0. The second-order valence-corrected chi connectivity index (χ2v) is 9.49. The number of benzene rings is 4. The Labute approximate surface area is 253 Å². The van der Waals surface area contributed by atoms with E-state index in [9.17, 15) is 24.0 Å². The first-order valence-corrected chi connectivity index (χ1v) is 13.4. The van der Waals surface area contributed by atoms with Crippen molar-refractivity contribution in [1.82, 2.24) is 0 Å². The first-order valence-electron chi connectivity index (χ1n) is 13.4. The summed E-state index contributed by atoms with van der Waals surface area (Å²) in [5.41, 5.74) is 2.65. The standard InChI is InChI=1S/C34H28O10/c1-21(35)41-30-18-27(19-31(42-22(2)36)33(30)43-23(3)37)34(39)44-29-15-8-7-14-28(29)26-13-9-12-25(16-26)17-32(38)40-20-24-10-5-4-6-11-24/h4-16,18-19H,17,20H2,1-3H3. The van der Waals surface area contributed by atoms with E-state index in [0.29, 0.717) is 16.7 Å². The Morgan fingerprint density at radius 1 is 0.568 bits per heavy atom. The van der Waals surface area contributed by atoms with Crippen LogP contribution in [-0.2, 0) is 36.9 Å². The molecular formula is C34H28O10. The molecule has 0 amide bonds. The molecule has 4 rings (SSSR count).